The normalized spacial score (nSPS) is 21.8. The number of nitrogens with one attached hydrogen (secondary N) is 1. The first-order chi connectivity index (χ1) is 9.47. The molecule has 2 rings (SSSR count). The van der Waals surface area contributed by atoms with Crippen LogP contribution in [0.25, 0.3) is 0 Å². The van der Waals surface area contributed by atoms with Crippen LogP contribution in [0.5, 0.6) is 0 Å². The minimum atomic E-state index is -0.0932. The lowest BCUT2D eigenvalue weighted by molar-refractivity contribution is 0.0637. The second-order valence-corrected chi connectivity index (χ2v) is 5.83. The van der Waals surface area contributed by atoms with E-state index in [9.17, 15) is 4.79 Å². The number of benzene rings is 1. The van der Waals surface area contributed by atoms with Gasteiger partial charge >= 0.3 is 0 Å². The summed E-state index contributed by atoms with van der Waals surface area (Å²) in [5.41, 5.74) is 1.41. The fourth-order valence-electron chi connectivity index (χ4n) is 2.31. The quantitative estimate of drug-likeness (QED) is 0.928. The van der Waals surface area contributed by atoms with Crippen LogP contribution in [0.3, 0.4) is 0 Å². The smallest absolute Gasteiger partial charge is 0.254 e. The van der Waals surface area contributed by atoms with Crippen LogP contribution in [-0.4, -0.2) is 43.7 Å². The molecule has 2 atom stereocenters. The van der Waals surface area contributed by atoms with Gasteiger partial charge in [-0.05, 0) is 38.0 Å². The van der Waals surface area contributed by atoms with Crippen molar-refractivity contribution in [2.24, 2.45) is 0 Å². The Morgan fingerprint density at radius 3 is 2.80 bits per heavy atom. The van der Waals surface area contributed by atoms with Gasteiger partial charge in [0.05, 0.1) is 22.8 Å². The van der Waals surface area contributed by atoms with Crippen LogP contribution >= 0.6 is 11.6 Å². The van der Waals surface area contributed by atoms with Gasteiger partial charge in [-0.3, -0.25) is 4.79 Å². The summed E-state index contributed by atoms with van der Waals surface area (Å²) in [6, 6.07) is 5.43. The first kappa shape index (κ1) is 15.1. The lowest BCUT2D eigenvalue weighted by atomic mass is 10.1. The molecule has 0 spiro atoms. The Morgan fingerprint density at radius 2 is 2.20 bits per heavy atom. The van der Waals surface area contributed by atoms with Gasteiger partial charge in [0.2, 0.25) is 0 Å². The van der Waals surface area contributed by atoms with E-state index in [-0.39, 0.29) is 12.0 Å². The summed E-state index contributed by atoms with van der Waals surface area (Å²) in [5.74, 6) is -0.0932. The molecule has 1 amide bonds. The van der Waals surface area contributed by atoms with Crippen LogP contribution in [0.4, 0.5) is 5.69 Å². The zero-order chi connectivity index (χ0) is 14.7. The molecular formula is C15H21ClN2O2. The van der Waals surface area contributed by atoms with Gasteiger partial charge in [-0.25, -0.2) is 0 Å². The van der Waals surface area contributed by atoms with E-state index >= 15 is 0 Å². The summed E-state index contributed by atoms with van der Waals surface area (Å²) in [6.45, 7) is 2.84. The Kier molecular flexibility index (Phi) is 4.89. The first-order valence-electron chi connectivity index (χ1n) is 6.88. The highest BCUT2D eigenvalue weighted by Crippen LogP contribution is 2.23. The number of hydrogen-bond donors (Lipinski definition) is 1. The van der Waals surface area contributed by atoms with Crippen molar-refractivity contribution in [1.29, 1.82) is 0 Å². The standard InChI is InChI=1S/C15H21ClN2O2/c1-10-4-6-12(20-10)9-17-11-5-7-14(16)13(8-11)15(19)18(2)3/h5,7-8,10,12,17H,4,6,9H2,1-3H3. The van der Waals surface area contributed by atoms with E-state index in [0.717, 1.165) is 25.1 Å². The second-order valence-electron chi connectivity index (χ2n) is 5.42. The zero-order valence-corrected chi connectivity index (χ0v) is 12.9. The lowest BCUT2D eigenvalue weighted by Crippen LogP contribution is -2.23. The predicted octanol–water partition coefficient (Wildman–Crippen LogP) is 3.02. The lowest BCUT2D eigenvalue weighted by Gasteiger charge is -2.16. The molecule has 2 unspecified atom stereocenters. The van der Waals surface area contributed by atoms with Gasteiger partial charge in [0.1, 0.15) is 0 Å². The minimum absolute atomic E-state index is 0.0932. The molecule has 1 heterocycles. The molecular weight excluding hydrogens is 276 g/mol. The monoisotopic (exact) mass is 296 g/mol. The maximum Gasteiger partial charge on any atom is 0.254 e. The van der Waals surface area contributed by atoms with E-state index in [2.05, 4.69) is 12.2 Å². The van der Waals surface area contributed by atoms with E-state index in [4.69, 9.17) is 16.3 Å². The number of halogens is 1. The van der Waals surface area contributed by atoms with Gasteiger partial charge in [0.15, 0.2) is 0 Å². The molecule has 0 saturated carbocycles. The Balaban J connectivity index is 2.02. The van der Waals surface area contributed by atoms with E-state index < -0.39 is 0 Å². The summed E-state index contributed by atoms with van der Waals surface area (Å²) in [7, 11) is 3.43. The van der Waals surface area contributed by atoms with E-state index in [1.165, 1.54) is 4.90 Å². The summed E-state index contributed by atoms with van der Waals surface area (Å²) in [5, 5.41) is 3.79. The van der Waals surface area contributed by atoms with Crippen molar-refractivity contribution in [1.82, 2.24) is 4.90 Å². The number of rotatable bonds is 4. The highest BCUT2D eigenvalue weighted by molar-refractivity contribution is 6.34. The average molecular weight is 297 g/mol. The van der Waals surface area contributed by atoms with Crippen LogP contribution in [0.15, 0.2) is 18.2 Å². The molecule has 1 aromatic carbocycles. The highest BCUT2D eigenvalue weighted by atomic mass is 35.5. The van der Waals surface area contributed by atoms with Crippen molar-refractivity contribution in [3.05, 3.63) is 28.8 Å². The third kappa shape index (κ3) is 3.64. The maximum atomic E-state index is 12.0. The van der Waals surface area contributed by atoms with Crippen LogP contribution in [0, 0.1) is 0 Å². The molecule has 1 aromatic rings. The Labute approximate surface area is 125 Å². The molecule has 1 fully saturated rings. The number of carbonyl (C=O) groups excluding carboxylic acids is 1. The van der Waals surface area contributed by atoms with E-state index in [1.54, 1.807) is 26.2 Å². The van der Waals surface area contributed by atoms with Gasteiger partial charge < -0.3 is 15.0 Å². The van der Waals surface area contributed by atoms with Gasteiger partial charge in [-0.1, -0.05) is 11.6 Å². The fraction of sp³-hybridized carbons (Fsp3) is 0.533. The van der Waals surface area contributed by atoms with Crippen LogP contribution in [-0.2, 0) is 4.74 Å². The summed E-state index contributed by atoms with van der Waals surface area (Å²) in [4.78, 5) is 13.5. The van der Waals surface area contributed by atoms with Crippen molar-refractivity contribution in [3.63, 3.8) is 0 Å². The number of carbonyl (C=O) groups is 1. The van der Waals surface area contributed by atoms with E-state index in [0.29, 0.717) is 16.7 Å². The number of hydrogen-bond acceptors (Lipinski definition) is 3. The first-order valence-corrected chi connectivity index (χ1v) is 7.25. The van der Waals surface area contributed by atoms with Gasteiger partial charge in [0.25, 0.3) is 5.91 Å². The molecule has 4 nitrogen and oxygen atoms in total. The topological polar surface area (TPSA) is 41.6 Å². The van der Waals surface area contributed by atoms with Crippen molar-refractivity contribution in [2.45, 2.75) is 32.0 Å². The molecule has 0 radical (unpaired) electrons. The minimum Gasteiger partial charge on any atom is -0.382 e. The molecule has 110 valence electrons. The van der Waals surface area contributed by atoms with Crippen molar-refractivity contribution >= 4 is 23.2 Å². The molecule has 0 aliphatic carbocycles. The van der Waals surface area contributed by atoms with Crippen molar-refractivity contribution < 1.29 is 9.53 Å². The molecule has 1 saturated heterocycles. The van der Waals surface area contributed by atoms with Crippen molar-refractivity contribution in [2.75, 3.05) is 26.0 Å². The Hall–Kier alpha value is -1.26. The average Bonchev–Trinajstić information content (AvgIpc) is 2.82. The number of anilines is 1. The molecule has 1 aliphatic heterocycles. The molecule has 5 heteroatoms. The second kappa shape index (κ2) is 6.46. The van der Waals surface area contributed by atoms with Gasteiger partial charge in [-0.15, -0.1) is 0 Å². The highest BCUT2D eigenvalue weighted by Gasteiger charge is 2.21. The van der Waals surface area contributed by atoms with Crippen LogP contribution in [0.2, 0.25) is 5.02 Å². The van der Waals surface area contributed by atoms with Gasteiger partial charge in [0, 0.05) is 26.3 Å². The van der Waals surface area contributed by atoms with E-state index in [1.807, 2.05) is 6.07 Å². The SMILES string of the molecule is CC1CCC(CNc2ccc(Cl)c(C(=O)N(C)C)c2)O1. The maximum absolute atomic E-state index is 12.0. The number of nitrogens with zero attached hydrogens (tertiary/aromatic N) is 1. The number of amides is 1. The third-order valence-corrected chi connectivity index (χ3v) is 3.79. The molecule has 0 aromatic heterocycles. The largest absolute Gasteiger partial charge is 0.382 e. The Morgan fingerprint density at radius 1 is 1.45 bits per heavy atom. The summed E-state index contributed by atoms with van der Waals surface area (Å²) >= 11 is 6.08. The third-order valence-electron chi connectivity index (χ3n) is 3.46. The van der Waals surface area contributed by atoms with Crippen LogP contribution < -0.4 is 5.32 Å². The number of ether oxygens (including phenoxy) is 1. The molecule has 20 heavy (non-hydrogen) atoms. The fourth-order valence-corrected chi connectivity index (χ4v) is 2.51. The summed E-state index contributed by atoms with van der Waals surface area (Å²) < 4.78 is 5.76. The molecule has 1 N–H and O–H groups in total. The Bertz CT molecular complexity index is 491. The summed E-state index contributed by atoms with van der Waals surface area (Å²) in [6.07, 6.45) is 2.77. The zero-order valence-electron chi connectivity index (χ0n) is 12.1. The van der Waals surface area contributed by atoms with Crippen molar-refractivity contribution in [3.8, 4) is 0 Å². The van der Waals surface area contributed by atoms with Crippen LogP contribution in [0.1, 0.15) is 30.1 Å². The molecule has 0 bridgehead atoms. The predicted molar refractivity (Wildman–Crippen MR) is 81.5 cm³/mol. The molecule has 1 aliphatic rings. The van der Waals surface area contributed by atoms with Gasteiger partial charge in [-0.2, -0.15) is 0 Å².